The van der Waals surface area contributed by atoms with Crippen molar-refractivity contribution in [3.63, 3.8) is 0 Å². The summed E-state index contributed by atoms with van der Waals surface area (Å²) in [7, 11) is -2.52. The lowest BCUT2D eigenvalue weighted by Gasteiger charge is -2.31. The number of hydrogen-bond donors (Lipinski definition) is 0. The molecule has 0 spiro atoms. The molecule has 0 saturated carbocycles. The first kappa shape index (κ1) is 21.9. The van der Waals surface area contributed by atoms with Crippen molar-refractivity contribution in [2.24, 2.45) is 0 Å². The van der Waals surface area contributed by atoms with E-state index >= 15 is 0 Å². The first-order valence-electron chi connectivity index (χ1n) is 11.0. The molecule has 0 bridgehead atoms. The Morgan fingerprint density at radius 3 is 1.65 bits per heavy atom. The molecule has 6 heteroatoms. The van der Waals surface area contributed by atoms with E-state index in [1.807, 2.05) is 91.0 Å². The van der Waals surface area contributed by atoms with Crippen LogP contribution >= 0.6 is 7.26 Å². The Labute approximate surface area is 197 Å². The molecule has 1 unspecified atom stereocenters. The number of nitrogens with zero attached hydrogens (tertiary/aromatic N) is 1. The number of oxazole rings is 1. The maximum atomic E-state index is 12.9. The predicted octanol–water partition coefficient (Wildman–Crippen LogP) is 2.88. The number of hydrogen-bond acceptors (Lipinski definition) is 4. The number of aromatic nitrogens is 1. The van der Waals surface area contributed by atoms with Gasteiger partial charge in [-0.05, 0) is 48.5 Å². The van der Waals surface area contributed by atoms with Gasteiger partial charge in [-0.3, -0.25) is 4.57 Å². The third-order valence-corrected chi connectivity index (χ3v) is 10.6. The monoisotopic (exact) mass is 467 g/mol. The van der Waals surface area contributed by atoms with Gasteiger partial charge in [0.15, 0.2) is 5.58 Å². The van der Waals surface area contributed by atoms with Crippen LogP contribution in [-0.2, 0) is 4.79 Å². The smallest absolute Gasteiger partial charge is 0.420 e. The van der Waals surface area contributed by atoms with Crippen LogP contribution in [0.4, 0.5) is 0 Å². The highest BCUT2D eigenvalue weighted by Gasteiger charge is 2.48. The molecule has 0 aliphatic carbocycles. The van der Waals surface area contributed by atoms with Crippen LogP contribution in [0.1, 0.15) is 6.04 Å². The van der Waals surface area contributed by atoms with Crippen molar-refractivity contribution in [2.45, 2.75) is 6.04 Å². The fourth-order valence-corrected chi connectivity index (χ4v) is 9.01. The van der Waals surface area contributed by atoms with Gasteiger partial charge >= 0.3 is 5.76 Å². The maximum Gasteiger partial charge on any atom is 0.420 e. The van der Waals surface area contributed by atoms with Gasteiger partial charge < -0.3 is 14.3 Å². The van der Waals surface area contributed by atoms with Crippen LogP contribution in [0.25, 0.3) is 11.1 Å². The Morgan fingerprint density at radius 1 is 0.735 bits per heavy atom. The topological polar surface area (TPSA) is 75.3 Å². The molecule has 1 atom stereocenters. The van der Waals surface area contributed by atoms with Crippen LogP contribution in [-0.4, -0.2) is 16.7 Å². The molecule has 168 valence electrons. The van der Waals surface area contributed by atoms with E-state index in [4.69, 9.17) is 4.42 Å². The van der Waals surface area contributed by atoms with Gasteiger partial charge in [0.05, 0.1) is 17.6 Å². The number of para-hydroxylation sites is 2. The first-order chi connectivity index (χ1) is 16.6. The number of fused-ring (bicyclic) bond motifs is 1. The summed E-state index contributed by atoms with van der Waals surface area (Å²) in [5.41, 5.74) is 0.788. The fourth-order valence-electron chi connectivity index (χ4n) is 4.61. The van der Waals surface area contributed by atoms with E-state index in [2.05, 4.69) is 0 Å². The van der Waals surface area contributed by atoms with Crippen LogP contribution < -0.4 is 26.8 Å². The molecule has 5 rings (SSSR count). The number of rotatable bonds is 7. The maximum absolute atomic E-state index is 12.9. The van der Waals surface area contributed by atoms with Gasteiger partial charge in [-0.25, -0.2) is 4.79 Å². The number of carboxylic acids is 1. The Balaban J connectivity index is 1.81. The van der Waals surface area contributed by atoms with E-state index in [0.29, 0.717) is 11.1 Å². The van der Waals surface area contributed by atoms with Crippen molar-refractivity contribution in [1.82, 2.24) is 4.57 Å². The zero-order valence-corrected chi connectivity index (χ0v) is 19.2. The van der Waals surface area contributed by atoms with E-state index in [-0.39, 0.29) is 6.16 Å². The van der Waals surface area contributed by atoms with E-state index in [9.17, 15) is 14.7 Å². The van der Waals surface area contributed by atoms with Crippen molar-refractivity contribution < 1.29 is 14.3 Å². The standard InChI is InChI=1S/C28H22NO4P/c30-27(31)25(29-24-18-10-11-19-26(24)33-28(29)32)20-34(21-12-4-1-5-13-21,22-14-6-2-7-15-22)23-16-8-3-9-17-23/h1-19,25H,20H2. The second-order valence-corrected chi connectivity index (χ2v) is 11.6. The molecule has 0 aliphatic heterocycles. The number of carbonyl (C=O) groups is 1. The SMILES string of the molecule is O=C([O-])C(C[P+](c1ccccc1)(c1ccccc1)c1ccccc1)n1c(=O)oc2ccccc21. The van der Waals surface area contributed by atoms with Gasteiger partial charge in [-0.2, -0.15) is 0 Å². The Hall–Kier alpha value is -3.95. The molecule has 0 N–H and O–H groups in total. The highest BCUT2D eigenvalue weighted by molar-refractivity contribution is 7.95. The van der Waals surface area contributed by atoms with Gasteiger partial charge in [0.2, 0.25) is 0 Å². The van der Waals surface area contributed by atoms with Crippen LogP contribution in [0.15, 0.2) is 124 Å². The normalized spacial score (nSPS) is 12.5. The molecule has 1 aromatic heterocycles. The van der Waals surface area contributed by atoms with Crippen molar-refractivity contribution >= 4 is 40.2 Å². The highest BCUT2D eigenvalue weighted by Crippen LogP contribution is 2.57. The number of aliphatic carboxylic acids is 1. The summed E-state index contributed by atoms with van der Waals surface area (Å²) in [6.07, 6.45) is 0.163. The van der Waals surface area contributed by atoms with Crippen LogP contribution in [0, 0.1) is 0 Å². The summed E-state index contributed by atoms with van der Waals surface area (Å²) in [4.78, 5) is 25.6. The number of benzene rings is 4. The lowest BCUT2D eigenvalue weighted by Crippen LogP contribution is -2.44. The molecule has 1 heterocycles. The van der Waals surface area contributed by atoms with Crippen molar-refractivity contribution in [2.75, 3.05) is 6.16 Å². The summed E-state index contributed by atoms with van der Waals surface area (Å²) >= 11 is 0. The fraction of sp³-hybridized carbons (Fsp3) is 0.0714. The molecule has 0 amide bonds. The summed E-state index contributed by atoms with van der Waals surface area (Å²) in [6, 6.07) is 35.5. The third-order valence-electron chi connectivity index (χ3n) is 6.14. The van der Waals surface area contributed by atoms with E-state index in [1.54, 1.807) is 24.3 Å². The molecular weight excluding hydrogens is 445 g/mol. The van der Waals surface area contributed by atoms with Crippen molar-refractivity contribution in [1.29, 1.82) is 0 Å². The molecule has 4 aromatic carbocycles. The second kappa shape index (κ2) is 9.12. The number of carbonyl (C=O) groups excluding carboxylic acids is 1. The Kier molecular flexibility index (Phi) is 5.87. The molecule has 5 aromatic rings. The zero-order valence-electron chi connectivity index (χ0n) is 18.3. The van der Waals surface area contributed by atoms with Gasteiger partial charge in [-0.15, -0.1) is 0 Å². The Bertz CT molecular complexity index is 1380. The minimum Gasteiger partial charge on any atom is -0.548 e. The first-order valence-corrected chi connectivity index (χ1v) is 12.9. The van der Waals surface area contributed by atoms with E-state index < -0.39 is 25.0 Å². The molecule has 34 heavy (non-hydrogen) atoms. The van der Waals surface area contributed by atoms with Crippen LogP contribution in [0.2, 0.25) is 0 Å². The summed E-state index contributed by atoms with van der Waals surface area (Å²) < 4.78 is 6.62. The van der Waals surface area contributed by atoms with Gasteiger partial charge in [-0.1, -0.05) is 66.7 Å². The molecule has 5 nitrogen and oxygen atoms in total. The largest absolute Gasteiger partial charge is 0.548 e. The quantitative estimate of drug-likeness (QED) is 0.345. The molecular formula is C28H22NO4P. The minimum atomic E-state index is -2.52. The van der Waals surface area contributed by atoms with Crippen LogP contribution in [0.3, 0.4) is 0 Å². The Morgan fingerprint density at radius 2 is 1.18 bits per heavy atom. The summed E-state index contributed by atoms with van der Waals surface area (Å²) in [5.74, 6) is -2.02. The summed E-state index contributed by atoms with van der Waals surface area (Å²) in [6.45, 7) is 0. The highest BCUT2D eigenvalue weighted by atomic mass is 31.2. The summed E-state index contributed by atoms with van der Waals surface area (Å²) in [5, 5.41) is 15.8. The van der Waals surface area contributed by atoms with Gasteiger partial charge in [0.1, 0.15) is 29.2 Å². The predicted molar refractivity (Wildman–Crippen MR) is 135 cm³/mol. The van der Waals surface area contributed by atoms with E-state index in [1.165, 1.54) is 4.57 Å². The number of carboxylic acid groups (broad SMARTS) is 1. The van der Waals surface area contributed by atoms with Crippen molar-refractivity contribution in [3.05, 3.63) is 126 Å². The van der Waals surface area contributed by atoms with E-state index in [0.717, 1.165) is 15.9 Å². The minimum absolute atomic E-state index is 0.163. The average molecular weight is 467 g/mol. The molecule has 0 radical (unpaired) electrons. The van der Waals surface area contributed by atoms with Crippen LogP contribution in [0.5, 0.6) is 0 Å². The second-order valence-electron chi connectivity index (χ2n) is 8.04. The molecule has 0 aliphatic rings. The van der Waals surface area contributed by atoms with Crippen molar-refractivity contribution in [3.8, 4) is 0 Å². The van der Waals surface area contributed by atoms with Gasteiger partial charge in [0.25, 0.3) is 0 Å². The molecule has 0 fully saturated rings. The lowest BCUT2D eigenvalue weighted by atomic mass is 10.3. The van der Waals surface area contributed by atoms with Gasteiger partial charge in [0, 0.05) is 0 Å². The lowest BCUT2D eigenvalue weighted by molar-refractivity contribution is -0.309. The molecule has 0 saturated heterocycles. The average Bonchev–Trinajstić information content (AvgIpc) is 3.22. The zero-order chi connectivity index (χ0) is 23.5. The third kappa shape index (κ3) is 3.74.